The zero-order chi connectivity index (χ0) is 31.7. The average molecular weight is 618 g/mol. The molecule has 1 aromatic rings. The van der Waals surface area contributed by atoms with Crippen molar-refractivity contribution >= 4 is 5.78 Å². The van der Waals surface area contributed by atoms with Gasteiger partial charge in [0.1, 0.15) is 0 Å². The number of aliphatic hydroxyl groups is 4. The van der Waals surface area contributed by atoms with Crippen LogP contribution in [-0.2, 0) is 11.3 Å². The molecule has 0 radical (unpaired) electrons. The zero-order valence-electron chi connectivity index (χ0n) is 27.5. The van der Waals surface area contributed by atoms with E-state index in [4.69, 9.17) is 0 Å². The van der Waals surface area contributed by atoms with Crippen LogP contribution in [-0.4, -0.2) is 68.6 Å². The average Bonchev–Trinajstić information content (AvgIpc) is 3.31. The summed E-state index contributed by atoms with van der Waals surface area (Å²) in [6, 6.07) is 10.2. The van der Waals surface area contributed by atoms with Crippen LogP contribution in [0.15, 0.2) is 54.1 Å². The van der Waals surface area contributed by atoms with Gasteiger partial charge >= 0.3 is 0 Å². The fourth-order valence-corrected chi connectivity index (χ4v) is 12.0. The molecule has 6 nitrogen and oxygen atoms in total. The van der Waals surface area contributed by atoms with Gasteiger partial charge in [0.05, 0.1) is 24.4 Å². The van der Waals surface area contributed by atoms with Gasteiger partial charge in [0.2, 0.25) is 0 Å². The third-order valence-electron chi connectivity index (χ3n) is 14.4. The third-order valence-corrected chi connectivity index (χ3v) is 14.4. The number of Topliss-reactive ketones (excluding diaryl/α,β-unsaturated/α-hetero) is 1. The first-order chi connectivity index (χ1) is 21.5. The molecule has 2 spiro atoms. The minimum absolute atomic E-state index is 0.0239. The maximum Gasteiger partial charge on any atom is 0.162 e. The molecule has 6 heteroatoms. The number of nitrogens with zero attached hydrogens (tertiary/aromatic N) is 1. The van der Waals surface area contributed by atoms with Gasteiger partial charge in [0.25, 0.3) is 0 Å². The van der Waals surface area contributed by atoms with E-state index in [1.807, 2.05) is 18.2 Å². The fourth-order valence-electron chi connectivity index (χ4n) is 12.0. The van der Waals surface area contributed by atoms with Crippen LogP contribution >= 0.6 is 0 Å². The van der Waals surface area contributed by atoms with Gasteiger partial charge in [-0.25, -0.2) is 0 Å². The van der Waals surface area contributed by atoms with Crippen molar-refractivity contribution in [2.45, 2.75) is 115 Å². The Labute approximate surface area is 269 Å². The summed E-state index contributed by atoms with van der Waals surface area (Å²) in [6.07, 6.45) is 17.2. The number of carbonyl (C=O) groups excluding carboxylic acids is 1. The Balaban J connectivity index is 1.28. The minimum Gasteiger partial charge on any atom is -0.394 e. The van der Waals surface area contributed by atoms with Crippen LogP contribution in [0.1, 0.15) is 96.5 Å². The number of carbonyl (C=O) groups is 1. The van der Waals surface area contributed by atoms with Gasteiger partial charge in [-0.2, -0.15) is 0 Å². The second kappa shape index (κ2) is 11.4. The summed E-state index contributed by atoms with van der Waals surface area (Å²) in [6.45, 7) is 5.71. The van der Waals surface area contributed by atoms with E-state index in [1.54, 1.807) is 0 Å². The molecule has 8 rings (SSSR count). The number of hydrogen-bond donors (Lipinski definition) is 4. The molecule has 45 heavy (non-hydrogen) atoms. The van der Waals surface area contributed by atoms with Crippen molar-refractivity contribution in [3.8, 4) is 0 Å². The van der Waals surface area contributed by atoms with Crippen LogP contribution in [0.4, 0.5) is 0 Å². The number of aliphatic hydroxyl groups excluding tert-OH is 3. The molecule has 0 heterocycles. The van der Waals surface area contributed by atoms with Gasteiger partial charge < -0.3 is 20.4 Å². The Bertz CT molecular complexity index is 1340. The molecular weight excluding hydrogens is 562 g/mol. The van der Waals surface area contributed by atoms with Gasteiger partial charge in [-0.3, -0.25) is 9.69 Å². The van der Waals surface area contributed by atoms with E-state index in [1.165, 1.54) is 6.42 Å². The lowest BCUT2D eigenvalue weighted by Crippen LogP contribution is -2.67. The van der Waals surface area contributed by atoms with Gasteiger partial charge in [-0.1, -0.05) is 81.7 Å². The second-order valence-corrected chi connectivity index (χ2v) is 16.5. The van der Waals surface area contributed by atoms with E-state index < -0.39 is 22.5 Å². The first-order valence-corrected chi connectivity index (χ1v) is 17.9. The molecule has 246 valence electrons. The van der Waals surface area contributed by atoms with E-state index in [9.17, 15) is 25.2 Å². The van der Waals surface area contributed by atoms with Gasteiger partial charge in [0.15, 0.2) is 5.78 Å². The summed E-state index contributed by atoms with van der Waals surface area (Å²) in [5.41, 5.74) is 0.00817. The van der Waals surface area contributed by atoms with Crippen LogP contribution in [0.25, 0.3) is 0 Å². The van der Waals surface area contributed by atoms with Crippen LogP contribution in [0.3, 0.4) is 0 Å². The maximum atomic E-state index is 14.8. The quantitative estimate of drug-likeness (QED) is 0.270. The maximum absolute atomic E-state index is 14.8. The van der Waals surface area contributed by atoms with E-state index in [2.05, 4.69) is 49.1 Å². The summed E-state index contributed by atoms with van der Waals surface area (Å²) >= 11 is 0. The molecule has 4 N–H and O–H groups in total. The Morgan fingerprint density at radius 1 is 0.933 bits per heavy atom. The Morgan fingerprint density at radius 2 is 1.62 bits per heavy atom. The molecular formula is C39H55NO5. The van der Waals surface area contributed by atoms with Crippen LogP contribution in [0.2, 0.25) is 0 Å². The number of fused-ring (bicyclic) bond motifs is 1. The van der Waals surface area contributed by atoms with E-state index >= 15 is 0 Å². The van der Waals surface area contributed by atoms with E-state index in [0.29, 0.717) is 37.6 Å². The van der Waals surface area contributed by atoms with Crippen molar-refractivity contribution in [1.82, 2.24) is 4.90 Å². The number of hydrogen-bond acceptors (Lipinski definition) is 6. The number of allylic oxidation sites excluding steroid dienone is 4. The lowest BCUT2D eigenvalue weighted by atomic mass is 9.32. The molecule has 1 aromatic carbocycles. The molecule has 0 aliphatic heterocycles. The Hall–Kier alpha value is -1.83. The van der Waals surface area contributed by atoms with Crippen molar-refractivity contribution in [2.75, 3.05) is 19.7 Å². The highest BCUT2D eigenvalue weighted by molar-refractivity contribution is 6.00. The molecule has 4 fully saturated rings. The molecule has 0 aromatic heterocycles. The molecule has 2 bridgehead atoms. The monoisotopic (exact) mass is 617 g/mol. The largest absolute Gasteiger partial charge is 0.394 e. The summed E-state index contributed by atoms with van der Waals surface area (Å²) in [7, 11) is 0. The van der Waals surface area contributed by atoms with Crippen LogP contribution in [0.5, 0.6) is 0 Å². The van der Waals surface area contributed by atoms with Crippen molar-refractivity contribution < 1.29 is 25.2 Å². The Kier molecular flexibility index (Phi) is 8.05. The van der Waals surface area contributed by atoms with Crippen molar-refractivity contribution in [3.05, 3.63) is 59.7 Å². The third kappa shape index (κ3) is 4.71. The minimum atomic E-state index is -0.996. The lowest BCUT2D eigenvalue weighted by molar-refractivity contribution is -0.180. The van der Waals surface area contributed by atoms with Gasteiger partial charge in [-0.05, 0) is 80.6 Å². The standard InChI is InChI=1S/C39H55NO5/c1-35-16-13-29(42)21-37(35)19-20-39(31(22-37)34(44)28-11-7-4-8-12-28)32(35)14-17-36(2)33(39)15-18-38(36,45)26-40(24-30(43)25-41)23-27-9-5-3-6-10-27/h3,5-6,9-10,19-20,22,28-30,32-33,41-43,45H,4,7-8,11-18,21,23-26H2,1-2H3. The molecule has 9 atom stereocenters. The van der Waals surface area contributed by atoms with Crippen molar-refractivity contribution in [3.63, 3.8) is 0 Å². The lowest BCUT2D eigenvalue weighted by Gasteiger charge is -2.71. The number of rotatable bonds is 9. The van der Waals surface area contributed by atoms with Gasteiger partial charge in [-0.15, -0.1) is 0 Å². The van der Waals surface area contributed by atoms with E-state index in [0.717, 1.165) is 68.9 Å². The topological polar surface area (TPSA) is 101 Å². The molecule has 7 aliphatic carbocycles. The first-order valence-electron chi connectivity index (χ1n) is 17.9. The predicted octanol–water partition coefficient (Wildman–Crippen LogP) is 5.58. The zero-order valence-corrected chi connectivity index (χ0v) is 27.5. The Morgan fingerprint density at radius 3 is 2.36 bits per heavy atom. The molecule has 7 aliphatic rings. The summed E-state index contributed by atoms with van der Waals surface area (Å²) in [4.78, 5) is 16.9. The highest BCUT2D eigenvalue weighted by Crippen LogP contribution is 2.78. The highest BCUT2D eigenvalue weighted by Gasteiger charge is 2.74. The molecule has 4 saturated carbocycles. The number of ketones is 1. The number of benzene rings is 1. The normalized spacial score (nSPS) is 43.0. The van der Waals surface area contributed by atoms with Gasteiger partial charge in [0, 0.05) is 47.4 Å². The summed E-state index contributed by atoms with van der Waals surface area (Å²) in [5.74, 6) is 0.875. The molecule has 0 saturated heterocycles. The SMILES string of the molecule is CC12CCC(O)CC13C=CC1(C(C(=O)C4CCCCC4)=C3)C2CCC2(C)C1CCC2(O)CN(Cc1ccccc1)CC(O)CO. The highest BCUT2D eigenvalue weighted by atomic mass is 16.3. The molecule has 9 unspecified atom stereocenters. The van der Waals surface area contributed by atoms with Crippen molar-refractivity contribution in [1.29, 1.82) is 0 Å². The molecule has 0 amide bonds. The fraction of sp³-hybridized carbons (Fsp3) is 0.718. The van der Waals surface area contributed by atoms with Crippen LogP contribution in [0, 0.1) is 39.4 Å². The predicted molar refractivity (Wildman–Crippen MR) is 175 cm³/mol. The second-order valence-electron chi connectivity index (χ2n) is 16.5. The summed E-state index contributed by atoms with van der Waals surface area (Å²) < 4.78 is 0. The summed E-state index contributed by atoms with van der Waals surface area (Å²) in [5, 5.41) is 44.1. The van der Waals surface area contributed by atoms with E-state index in [-0.39, 0.29) is 41.9 Å². The first kappa shape index (κ1) is 31.8. The smallest absolute Gasteiger partial charge is 0.162 e. The van der Waals surface area contributed by atoms with Crippen molar-refractivity contribution in [2.24, 2.45) is 39.4 Å². The van der Waals surface area contributed by atoms with Crippen LogP contribution < -0.4 is 0 Å².